The van der Waals surface area contributed by atoms with Crippen molar-refractivity contribution in [3.05, 3.63) is 77.9 Å². The monoisotopic (exact) mass is 474 g/mol. The van der Waals surface area contributed by atoms with E-state index < -0.39 is 22.8 Å². The summed E-state index contributed by atoms with van der Waals surface area (Å²) in [7, 11) is 3.18. The number of hydrogen-bond donors (Lipinski definition) is 1. The number of methoxy groups -OCH3 is 2. The molecule has 3 rings (SSSR count). The molecule has 1 amide bonds. The standard InChI is InChI=1S/C29H34N2O4/c1-28(2,3)31-27(32)29(19-30,20-35-18-17-33-4)26(24-14-8-9-16-25(24)34-5)23-15-10-12-21-11-6-7-13-22(21)23/h6-16,26H,17-18,20H2,1-5H3,(H,31,32)/t26?,29-/m0/s1. The summed E-state index contributed by atoms with van der Waals surface area (Å²) in [6.07, 6.45) is 0. The van der Waals surface area contributed by atoms with Crippen LogP contribution in [0.3, 0.4) is 0 Å². The van der Waals surface area contributed by atoms with Crippen LogP contribution in [0.15, 0.2) is 66.7 Å². The lowest BCUT2D eigenvalue weighted by molar-refractivity contribution is -0.133. The van der Waals surface area contributed by atoms with E-state index in [1.54, 1.807) is 14.2 Å². The zero-order chi connectivity index (χ0) is 25.5. The van der Waals surface area contributed by atoms with E-state index in [1.165, 1.54) is 0 Å². The number of nitrogens with zero attached hydrogens (tertiary/aromatic N) is 1. The predicted octanol–water partition coefficient (Wildman–Crippen LogP) is 5.07. The number of nitriles is 1. The Morgan fingerprint density at radius 3 is 2.29 bits per heavy atom. The SMILES string of the molecule is COCCOC[C@](C#N)(C(=O)NC(C)(C)C)C(c1ccccc1OC)c1cccc2ccccc12. The average Bonchev–Trinajstić information content (AvgIpc) is 2.85. The number of ether oxygens (including phenoxy) is 3. The van der Waals surface area contributed by atoms with Crippen molar-refractivity contribution in [2.24, 2.45) is 5.41 Å². The first-order valence-electron chi connectivity index (χ1n) is 11.7. The highest BCUT2D eigenvalue weighted by molar-refractivity contribution is 5.92. The number of carbonyl (C=O) groups excluding carboxylic acids is 1. The van der Waals surface area contributed by atoms with Gasteiger partial charge < -0.3 is 19.5 Å². The summed E-state index contributed by atoms with van der Waals surface area (Å²) in [5, 5.41) is 15.8. The van der Waals surface area contributed by atoms with Crippen molar-refractivity contribution in [1.82, 2.24) is 5.32 Å². The number of para-hydroxylation sites is 1. The summed E-state index contributed by atoms with van der Waals surface area (Å²) in [4.78, 5) is 14.0. The van der Waals surface area contributed by atoms with Gasteiger partial charge in [0.25, 0.3) is 0 Å². The third-order valence-electron chi connectivity index (χ3n) is 5.93. The van der Waals surface area contributed by atoms with Gasteiger partial charge in [0.1, 0.15) is 5.75 Å². The molecule has 6 heteroatoms. The van der Waals surface area contributed by atoms with Gasteiger partial charge in [0.2, 0.25) is 5.91 Å². The highest BCUT2D eigenvalue weighted by atomic mass is 16.5. The molecule has 3 aromatic carbocycles. The highest BCUT2D eigenvalue weighted by Crippen LogP contribution is 2.47. The molecule has 0 saturated carbocycles. The molecule has 0 aliphatic carbocycles. The van der Waals surface area contributed by atoms with Crippen molar-refractivity contribution in [3.63, 3.8) is 0 Å². The quantitative estimate of drug-likeness (QED) is 0.415. The molecule has 2 atom stereocenters. The number of hydrogen-bond acceptors (Lipinski definition) is 5. The van der Waals surface area contributed by atoms with E-state index >= 15 is 0 Å². The van der Waals surface area contributed by atoms with Gasteiger partial charge in [-0.25, -0.2) is 0 Å². The average molecular weight is 475 g/mol. The molecule has 1 N–H and O–H groups in total. The predicted molar refractivity (Wildman–Crippen MR) is 137 cm³/mol. The van der Waals surface area contributed by atoms with Crippen molar-refractivity contribution in [2.45, 2.75) is 32.2 Å². The molecule has 0 aromatic heterocycles. The van der Waals surface area contributed by atoms with Crippen molar-refractivity contribution in [3.8, 4) is 11.8 Å². The molecular formula is C29H34N2O4. The van der Waals surface area contributed by atoms with Crippen LogP contribution in [-0.4, -0.2) is 45.5 Å². The maximum atomic E-state index is 14.0. The van der Waals surface area contributed by atoms with Crippen LogP contribution in [0.4, 0.5) is 0 Å². The molecular weight excluding hydrogens is 440 g/mol. The molecule has 35 heavy (non-hydrogen) atoms. The molecule has 0 fully saturated rings. The van der Waals surface area contributed by atoms with E-state index in [-0.39, 0.29) is 13.2 Å². The number of fused-ring (bicyclic) bond motifs is 1. The Labute approximate surface area is 207 Å². The minimum absolute atomic E-state index is 0.110. The van der Waals surface area contributed by atoms with Gasteiger partial charge in [0.15, 0.2) is 5.41 Å². The fourth-order valence-corrected chi connectivity index (χ4v) is 4.36. The molecule has 6 nitrogen and oxygen atoms in total. The Balaban J connectivity index is 2.33. The molecule has 184 valence electrons. The second-order valence-electron chi connectivity index (χ2n) is 9.58. The second-order valence-corrected chi connectivity index (χ2v) is 9.58. The van der Waals surface area contributed by atoms with Crippen LogP contribution in [0.1, 0.15) is 37.8 Å². The van der Waals surface area contributed by atoms with E-state index in [1.807, 2.05) is 87.5 Å². The minimum Gasteiger partial charge on any atom is -0.496 e. The lowest BCUT2D eigenvalue weighted by atomic mass is 9.67. The molecule has 0 radical (unpaired) electrons. The molecule has 0 spiro atoms. The Morgan fingerprint density at radius 1 is 0.943 bits per heavy atom. The van der Waals surface area contributed by atoms with Crippen molar-refractivity contribution < 1.29 is 19.0 Å². The van der Waals surface area contributed by atoms with E-state index in [0.717, 1.165) is 21.9 Å². The first kappa shape index (κ1) is 26.2. The minimum atomic E-state index is -1.58. The van der Waals surface area contributed by atoms with Gasteiger partial charge in [-0.1, -0.05) is 60.7 Å². The first-order valence-corrected chi connectivity index (χ1v) is 11.7. The molecule has 0 aliphatic rings. The van der Waals surface area contributed by atoms with E-state index in [9.17, 15) is 10.1 Å². The smallest absolute Gasteiger partial charge is 0.244 e. The zero-order valence-electron chi connectivity index (χ0n) is 21.1. The molecule has 0 heterocycles. The van der Waals surface area contributed by atoms with Gasteiger partial charge in [0.05, 0.1) is 33.0 Å². The Hall–Kier alpha value is -3.40. The van der Waals surface area contributed by atoms with E-state index in [4.69, 9.17) is 14.2 Å². The van der Waals surface area contributed by atoms with E-state index in [2.05, 4.69) is 11.4 Å². The summed E-state index contributed by atoms with van der Waals surface area (Å²) in [6.45, 7) is 6.20. The lowest BCUT2D eigenvalue weighted by Gasteiger charge is -2.37. The maximum Gasteiger partial charge on any atom is 0.244 e. The largest absolute Gasteiger partial charge is 0.496 e. The molecule has 0 bridgehead atoms. The Kier molecular flexibility index (Phi) is 8.50. The normalized spacial score (nSPS) is 14.1. The van der Waals surface area contributed by atoms with Crippen LogP contribution in [0, 0.1) is 16.7 Å². The summed E-state index contributed by atoms with van der Waals surface area (Å²) in [6, 6.07) is 23.9. The second kappa shape index (κ2) is 11.4. The molecule has 0 saturated heterocycles. The van der Waals surface area contributed by atoms with Crippen molar-refractivity contribution >= 4 is 16.7 Å². The number of nitrogens with one attached hydrogen (secondary N) is 1. The number of amides is 1. The van der Waals surface area contributed by atoms with Gasteiger partial charge in [-0.3, -0.25) is 4.79 Å². The summed E-state index contributed by atoms with van der Waals surface area (Å²) in [5.74, 6) is -0.459. The molecule has 3 aromatic rings. The van der Waals surface area contributed by atoms with Crippen LogP contribution >= 0.6 is 0 Å². The Bertz CT molecular complexity index is 1190. The van der Waals surface area contributed by atoms with Crippen LogP contribution in [0.2, 0.25) is 0 Å². The van der Waals surface area contributed by atoms with E-state index in [0.29, 0.717) is 12.4 Å². The Morgan fingerprint density at radius 2 is 1.60 bits per heavy atom. The van der Waals surface area contributed by atoms with Gasteiger partial charge in [0, 0.05) is 24.1 Å². The summed E-state index contributed by atoms with van der Waals surface area (Å²) >= 11 is 0. The van der Waals surface area contributed by atoms with Gasteiger partial charge in [-0.05, 0) is 43.2 Å². The fraction of sp³-hybridized carbons (Fsp3) is 0.379. The fourth-order valence-electron chi connectivity index (χ4n) is 4.36. The van der Waals surface area contributed by atoms with Crippen molar-refractivity contribution in [2.75, 3.05) is 34.0 Å². The van der Waals surface area contributed by atoms with Gasteiger partial charge in [-0.15, -0.1) is 0 Å². The third kappa shape index (κ3) is 5.82. The topological polar surface area (TPSA) is 80.6 Å². The van der Waals surface area contributed by atoms with Crippen LogP contribution in [-0.2, 0) is 14.3 Å². The first-order chi connectivity index (χ1) is 16.8. The number of rotatable bonds is 10. The van der Waals surface area contributed by atoms with Gasteiger partial charge in [-0.2, -0.15) is 5.26 Å². The van der Waals surface area contributed by atoms with Crippen LogP contribution < -0.4 is 10.1 Å². The molecule has 1 unspecified atom stereocenters. The zero-order valence-corrected chi connectivity index (χ0v) is 21.1. The highest BCUT2D eigenvalue weighted by Gasteiger charge is 2.50. The maximum absolute atomic E-state index is 14.0. The number of carbonyl (C=O) groups is 1. The number of benzene rings is 3. The third-order valence-corrected chi connectivity index (χ3v) is 5.93. The summed E-state index contributed by atoms with van der Waals surface area (Å²) < 4.78 is 16.8. The van der Waals surface area contributed by atoms with Crippen LogP contribution in [0.5, 0.6) is 5.75 Å². The summed E-state index contributed by atoms with van der Waals surface area (Å²) in [5.41, 5.74) is -0.531. The van der Waals surface area contributed by atoms with Crippen molar-refractivity contribution in [1.29, 1.82) is 5.26 Å². The lowest BCUT2D eigenvalue weighted by Crippen LogP contribution is -2.53. The van der Waals surface area contributed by atoms with Crippen LogP contribution in [0.25, 0.3) is 10.8 Å². The molecule has 0 aliphatic heterocycles. The van der Waals surface area contributed by atoms with Gasteiger partial charge >= 0.3 is 0 Å².